The summed E-state index contributed by atoms with van der Waals surface area (Å²) in [5, 5.41) is 3.95. The van der Waals surface area contributed by atoms with Crippen molar-refractivity contribution in [3.05, 3.63) is 35.0 Å². The minimum atomic E-state index is -0.343. The third-order valence-electron chi connectivity index (χ3n) is 5.65. The largest absolute Gasteiger partial charge is 0.349 e. The van der Waals surface area contributed by atoms with E-state index in [0.717, 1.165) is 48.6 Å². The molecule has 0 bridgehead atoms. The molecule has 2 aliphatic heterocycles. The number of hydrogen-bond donors (Lipinski definition) is 1. The Morgan fingerprint density at radius 3 is 3.00 bits per heavy atom. The molecule has 0 saturated carbocycles. The van der Waals surface area contributed by atoms with E-state index in [4.69, 9.17) is 0 Å². The molecule has 27 heavy (non-hydrogen) atoms. The Balaban J connectivity index is 1.64. The topological polar surface area (TPSA) is 75.2 Å². The molecular weight excluding hydrogens is 360 g/mol. The lowest BCUT2D eigenvalue weighted by molar-refractivity contribution is -0.123. The molecule has 1 N–H and O–H groups in total. The Hall–Kier alpha value is -2.28. The highest BCUT2D eigenvalue weighted by molar-refractivity contribution is 7.17. The fourth-order valence-electron chi connectivity index (χ4n) is 4.31. The first kappa shape index (κ1) is 18.1. The van der Waals surface area contributed by atoms with Crippen LogP contribution in [0.15, 0.2) is 24.4 Å². The maximum atomic E-state index is 13.4. The maximum Gasteiger partial charge on any atom is 0.266 e. The van der Waals surface area contributed by atoms with Gasteiger partial charge in [0.1, 0.15) is 9.88 Å². The van der Waals surface area contributed by atoms with E-state index in [2.05, 4.69) is 22.2 Å². The quantitative estimate of drug-likeness (QED) is 0.863. The SMILES string of the molecule is Cc1nc(-c2ccccn2)sc1C(=O)N1CCC[C@]2(C)NC(=O)CCC[C@H]12. The summed E-state index contributed by atoms with van der Waals surface area (Å²) in [6, 6.07) is 5.73. The number of carbonyl (C=O) groups excluding carboxylic acids is 2. The van der Waals surface area contributed by atoms with E-state index in [-0.39, 0.29) is 23.4 Å². The Morgan fingerprint density at radius 2 is 2.22 bits per heavy atom. The van der Waals surface area contributed by atoms with Gasteiger partial charge in [0.25, 0.3) is 5.91 Å². The number of nitrogens with one attached hydrogen (secondary N) is 1. The first-order valence-electron chi connectivity index (χ1n) is 9.49. The van der Waals surface area contributed by atoms with Crippen LogP contribution < -0.4 is 5.32 Å². The summed E-state index contributed by atoms with van der Waals surface area (Å²) < 4.78 is 0. The van der Waals surface area contributed by atoms with E-state index < -0.39 is 0 Å². The number of rotatable bonds is 2. The van der Waals surface area contributed by atoms with Crippen LogP contribution in [0.1, 0.15) is 54.4 Å². The van der Waals surface area contributed by atoms with Crippen LogP contribution >= 0.6 is 11.3 Å². The van der Waals surface area contributed by atoms with Gasteiger partial charge in [0, 0.05) is 19.2 Å². The highest BCUT2D eigenvalue weighted by atomic mass is 32.1. The van der Waals surface area contributed by atoms with Crippen molar-refractivity contribution in [3.8, 4) is 10.7 Å². The first-order valence-corrected chi connectivity index (χ1v) is 10.3. The van der Waals surface area contributed by atoms with Gasteiger partial charge in [-0.2, -0.15) is 0 Å². The molecule has 2 fully saturated rings. The van der Waals surface area contributed by atoms with Crippen molar-refractivity contribution >= 4 is 23.2 Å². The summed E-state index contributed by atoms with van der Waals surface area (Å²) in [5.41, 5.74) is 1.19. The summed E-state index contributed by atoms with van der Waals surface area (Å²) in [6.45, 7) is 4.69. The maximum absolute atomic E-state index is 13.4. The number of thiazole rings is 1. The molecular formula is C20H24N4O2S. The van der Waals surface area contributed by atoms with E-state index in [1.807, 2.05) is 30.0 Å². The molecule has 4 rings (SSSR count). The molecule has 0 unspecified atom stereocenters. The molecule has 4 heterocycles. The number of amides is 2. The second kappa shape index (κ2) is 7.03. The number of hydrogen-bond acceptors (Lipinski definition) is 5. The van der Waals surface area contributed by atoms with Crippen molar-refractivity contribution in [2.75, 3.05) is 6.54 Å². The summed E-state index contributed by atoms with van der Waals surface area (Å²) in [4.78, 5) is 37.1. The van der Waals surface area contributed by atoms with Gasteiger partial charge < -0.3 is 10.2 Å². The summed E-state index contributed by atoms with van der Waals surface area (Å²) in [7, 11) is 0. The van der Waals surface area contributed by atoms with Crippen LogP contribution in [-0.2, 0) is 4.79 Å². The van der Waals surface area contributed by atoms with Crippen molar-refractivity contribution in [3.63, 3.8) is 0 Å². The summed E-state index contributed by atoms with van der Waals surface area (Å²) in [5.74, 6) is 0.125. The van der Waals surface area contributed by atoms with Crippen LogP contribution in [0.3, 0.4) is 0 Å². The van der Waals surface area contributed by atoms with E-state index in [1.54, 1.807) is 6.20 Å². The minimum absolute atomic E-state index is 0.0271. The Kier molecular flexibility index (Phi) is 4.72. The predicted molar refractivity (Wildman–Crippen MR) is 105 cm³/mol. The van der Waals surface area contributed by atoms with Crippen LogP contribution in [0.25, 0.3) is 10.7 Å². The van der Waals surface area contributed by atoms with Crippen LogP contribution in [0.5, 0.6) is 0 Å². The van der Waals surface area contributed by atoms with Crippen molar-refractivity contribution < 1.29 is 9.59 Å². The lowest BCUT2D eigenvalue weighted by Gasteiger charge is -2.47. The second-order valence-electron chi connectivity index (χ2n) is 7.62. The van der Waals surface area contributed by atoms with Crippen molar-refractivity contribution in [1.82, 2.24) is 20.2 Å². The normalized spacial score (nSPS) is 25.5. The zero-order valence-electron chi connectivity index (χ0n) is 15.7. The first-order chi connectivity index (χ1) is 13.0. The monoisotopic (exact) mass is 384 g/mol. The van der Waals surface area contributed by atoms with Gasteiger partial charge in [-0.3, -0.25) is 14.6 Å². The zero-order chi connectivity index (χ0) is 19.0. The highest BCUT2D eigenvalue weighted by Crippen LogP contribution is 2.36. The molecule has 7 heteroatoms. The molecule has 6 nitrogen and oxygen atoms in total. The number of nitrogens with zero attached hydrogens (tertiary/aromatic N) is 3. The fraction of sp³-hybridized carbons (Fsp3) is 0.500. The van der Waals surface area contributed by atoms with Crippen LogP contribution in [-0.4, -0.2) is 44.8 Å². The number of aryl methyl sites for hydroxylation is 1. The lowest BCUT2D eigenvalue weighted by atomic mass is 9.81. The van der Waals surface area contributed by atoms with Crippen LogP contribution in [0.4, 0.5) is 0 Å². The number of likely N-dealkylation sites (tertiary alicyclic amines) is 1. The number of carbonyl (C=O) groups is 2. The predicted octanol–water partition coefficient (Wildman–Crippen LogP) is 3.18. The highest BCUT2D eigenvalue weighted by Gasteiger charge is 2.45. The number of fused-ring (bicyclic) bond motifs is 1. The van der Waals surface area contributed by atoms with E-state index in [1.165, 1.54) is 11.3 Å². The standard InChI is InChI=1S/C20H24N4O2S/c1-13-17(27-18(22-13)14-7-3-4-11-21-14)19(26)24-12-6-10-20(2)15(24)8-5-9-16(25)23-20/h3-4,7,11,15H,5-6,8-10,12H2,1-2H3,(H,23,25)/t15-,20-/m0/s1. The van der Waals surface area contributed by atoms with Gasteiger partial charge in [0.2, 0.25) is 5.91 Å². The third-order valence-corrected chi connectivity index (χ3v) is 6.82. The molecule has 0 aromatic carbocycles. The summed E-state index contributed by atoms with van der Waals surface area (Å²) in [6.07, 6.45) is 5.75. The number of piperidine rings is 1. The van der Waals surface area contributed by atoms with Crippen LogP contribution in [0.2, 0.25) is 0 Å². The smallest absolute Gasteiger partial charge is 0.266 e. The Morgan fingerprint density at radius 1 is 1.37 bits per heavy atom. The lowest BCUT2D eigenvalue weighted by Crippen LogP contribution is -2.63. The Bertz CT molecular complexity index is 866. The third kappa shape index (κ3) is 3.36. The van der Waals surface area contributed by atoms with Gasteiger partial charge in [-0.05, 0) is 51.7 Å². The van der Waals surface area contributed by atoms with Crippen molar-refractivity contribution in [2.45, 2.75) is 57.5 Å². The average Bonchev–Trinajstić information content (AvgIpc) is 2.96. The molecule has 2 amide bonds. The second-order valence-corrected chi connectivity index (χ2v) is 8.62. The zero-order valence-corrected chi connectivity index (χ0v) is 16.5. The number of aromatic nitrogens is 2. The Labute approximate surface area is 163 Å². The molecule has 2 aromatic rings. The minimum Gasteiger partial charge on any atom is -0.349 e. The molecule has 0 aliphatic carbocycles. The van der Waals surface area contributed by atoms with Gasteiger partial charge in [-0.15, -0.1) is 11.3 Å². The molecule has 2 aliphatic rings. The molecule has 0 spiro atoms. The molecule has 142 valence electrons. The molecule has 0 radical (unpaired) electrons. The van der Waals surface area contributed by atoms with E-state index in [9.17, 15) is 9.59 Å². The van der Waals surface area contributed by atoms with E-state index >= 15 is 0 Å². The van der Waals surface area contributed by atoms with Gasteiger partial charge in [0.05, 0.1) is 23.0 Å². The van der Waals surface area contributed by atoms with Crippen molar-refractivity contribution in [1.29, 1.82) is 0 Å². The number of pyridine rings is 1. The molecule has 2 saturated heterocycles. The fourth-order valence-corrected chi connectivity index (χ4v) is 5.31. The average molecular weight is 385 g/mol. The van der Waals surface area contributed by atoms with Gasteiger partial charge in [-0.25, -0.2) is 4.98 Å². The van der Waals surface area contributed by atoms with Crippen molar-refractivity contribution in [2.24, 2.45) is 0 Å². The molecule has 2 atom stereocenters. The van der Waals surface area contributed by atoms with E-state index in [0.29, 0.717) is 11.3 Å². The van der Waals surface area contributed by atoms with Gasteiger partial charge in [0.15, 0.2) is 0 Å². The van der Waals surface area contributed by atoms with Gasteiger partial charge >= 0.3 is 0 Å². The van der Waals surface area contributed by atoms with Gasteiger partial charge in [-0.1, -0.05) is 6.07 Å². The summed E-state index contributed by atoms with van der Waals surface area (Å²) >= 11 is 1.41. The molecule has 2 aromatic heterocycles. The van der Waals surface area contributed by atoms with Crippen LogP contribution in [0, 0.1) is 6.92 Å².